The van der Waals surface area contributed by atoms with E-state index in [0.29, 0.717) is 28.7 Å². The number of hydrogen-bond donors (Lipinski definition) is 2. The van der Waals surface area contributed by atoms with Crippen molar-refractivity contribution in [1.29, 1.82) is 0 Å². The lowest BCUT2D eigenvalue weighted by atomic mass is 10.1. The maximum atomic E-state index is 11.3. The van der Waals surface area contributed by atoms with E-state index >= 15 is 0 Å². The Hall–Kier alpha value is -3.61. The van der Waals surface area contributed by atoms with Crippen LogP contribution >= 0.6 is 0 Å². The summed E-state index contributed by atoms with van der Waals surface area (Å²) in [7, 11) is 0. The molecule has 0 bridgehead atoms. The second-order valence-electron chi connectivity index (χ2n) is 6.94. The number of hydrogen-bond acceptors (Lipinski definition) is 6. The van der Waals surface area contributed by atoms with Gasteiger partial charge in [-0.25, -0.2) is 4.98 Å². The molecule has 7 nitrogen and oxygen atoms in total. The summed E-state index contributed by atoms with van der Waals surface area (Å²) in [5, 5.41) is 6.01. The van der Waals surface area contributed by atoms with Gasteiger partial charge < -0.3 is 20.1 Å². The molecule has 4 rings (SSSR count). The van der Waals surface area contributed by atoms with Gasteiger partial charge in [0.25, 0.3) is 0 Å². The van der Waals surface area contributed by atoms with Gasteiger partial charge in [0.1, 0.15) is 5.82 Å². The fourth-order valence-electron chi connectivity index (χ4n) is 2.97. The second kappa shape index (κ2) is 6.84. The van der Waals surface area contributed by atoms with Gasteiger partial charge >= 0.3 is 0 Å². The van der Waals surface area contributed by atoms with E-state index in [-0.39, 0.29) is 5.91 Å². The number of ether oxygens (including phenoxy) is 2. The molecule has 3 aromatic rings. The highest BCUT2D eigenvalue weighted by Crippen LogP contribution is 2.41. The fraction of sp³-hybridized carbons (Fsp3) is 0.190. The Kier molecular flexibility index (Phi) is 4.35. The van der Waals surface area contributed by atoms with Crippen molar-refractivity contribution in [2.45, 2.75) is 26.6 Å². The molecule has 7 heteroatoms. The zero-order valence-corrected chi connectivity index (χ0v) is 15.8. The normalized spacial score (nSPS) is 13.8. The number of aromatic nitrogens is 2. The van der Waals surface area contributed by atoms with Gasteiger partial charge in [-0.1, -0.05) is 12.1 Å². The molecule has 1 aliphatic heterocycles. The number of carbonyl (C=O) groups excluding carboxylic acids is 1. The zero-order valence-electron chi connectivity index (χ0n) is 15.8. The monoisotopic (exact) mass is 376 g/mol. The molecule has 0 fully saturated rings. The Morgan fingerprint density at radius 1 is 1.00 bits per heavy atom. The largest absolute Gasteiger partial charge is 0.449 e. The molecule has 0 radical (unpaired) electrons. The van der Waals surface area contributed by atoms with Crippen molar-refractivity contribution in [2.75, 3.05) is 10.6 Å². The molecular formula is C21H20N4O3. The van der Waals surface area contributed by atoms with E-state index in [1.807, 2.05) is 56.3 Å². The molecule has 0 saturated heterocycles. The molecule has 1 amide bonds. The van der Waals surface area contributed by atoms with Crippen LogP contribution in [0.15, 0.2) is 54.9 Å². The first-order chi connectivity index (χ1) is 13.4. The van der Waals surface area contributed by atoms with Gasteiger partial charge in [0.2, 0.25) is 11.7 Å². The highest BCUT2D eigenvalue weighted by atomic mass is 16.7. The number of nitrogens with zero attached hydrogens (tertiary/aromatic N) is 2. The van der Waals surface area contributed by atoms with Gasteiger partial charge in [-0.15, -0.1) is 0 Å². The van der Waals surface area contributed by atoms with E-state index in [2.05, 4.69) is 20.6 Å². The first-order valence-electron chi connectivity index (χ1n) is 8.87. The number of amides is 1. The average molecular weight is 376 g/mol. The van der Waals surface area contributed by atoms with Crippen molar-refractivity contribution in [3.8, 4) is 22.8 Å². The summed E-state index contributed by atoms with van der Waals surface area (Å²) in [6.45, 7) is 5.21. The van der Waals surface area contributed by atoms with Crippen LogP contribution in [0.25, 0.3) is 11.3 Å². The van der Waals surface area contributed by atoms with E-state index in [9.17, 15) is 4.79 Å². The summed E-state index contributed by atoms with van der Waals surface area (Å²) in [4.78, 5) is 20.2. The summed E-state index contributed by atoms with van der Waals surface area (Å²) >= 11 is 0. The molecule has 1 aromatic heterocycles. The van der Waals surface area contributed by atoms with E-state index in [4.69, 9.17) is 9.47 Å². The van der Waals surface area contributed by atoms with Gasteiger partial charge in [-0.3, -0.25) is 9.78 Å². The highest BCUT2D eigenvalue weighted by molar-refractivity contribution is 5.89. The van der Waals surface area contributed by atoms with Crippen LogP contribution in [0.5, 0.6) is 11.5 Å². The summed E-state index contributed by atoms with van der Waals surface area (Å²) in [6.07, 6.45) is 3.33. The lowest BCUT2D eigenvalue weighted by molar-refractivity contribution is -0.114. The quantitative estimate of drug-likeness (QED) is 0.704. The minimum atomic E-state index is -0.667. The standard InChI is InChI=1S/C21H20N4O3/c1-13(26)23-15-6-4-5-14(9-15)17-11-22-12-20(25-17)24-16-7-8-18-19(10-16)28-21(2,3)27-18/h4-12H,1-3H3,(H,23,26)(H,24,25). The number of benzene rings is 2. The number of nitrogens with one attached hydrogen (secondary N) is 2. The van der Waals surface area contributed by atoms with Gasteiger partial charge in [0.15, 0.2) is 11.5 Å². The Morgan fingerprint density at radius 3 is 2.64 bits per heavy atom. The van der Waals surface area contributed by atoms with Crippen LogP contribution in [-0.2, 0) is 4.79 Å². The molecule has 2 heterocycles. The number of carbonyl (C=O) groups is 1. The lowest BCUT2D eigenvalue weighted by Gasteiger charge is -2.16. The third-order valence-electron chi connectivity index (χ3n) is 4.04. The van der Waals surface area contributed by atoms with Crippen molar-refractivity contribution in [3.05, 3.63) is 54.9 Å². The molecule has 2 aromatic carbocycles. The molecule has 142 valence electrons. The van der Waals surface area contributed by atoms with Gasteiger partial charge in [-0.05, 0) is 24.3 Å². The third-order valence-corrected chi connectivity index (χ3v) is 4.04. The van der Waals surface area contributed by atoms with Crippen LogP contribution in [0.4, 0.5) is 17.2 Å². The van der Waals surface area contributed by atoms with Crippen LogP contribution in [0.1, 0.15) is 20.8 Å². The van der Waals surface area contributed by atoms with E-state index in [1.54, 1.807) is 12.4 Å². The molecule has 28 heavy (non-hydrogen) atoms. The molecular weight excluding hydrogens is 356 g/mol. The predicted molar refractivity (Wildman–Crippen MR) is 107 cm³/mol. The number of rotatable bonds is 4. The maximum absolute atomic E-state index is 11.3. The first-order valence-corrected chi connectivity index (χ1v) is 8.87. The molecule has 0 atom stereocenters. The fourth-order valence-corrected chi connectivity index (χ4v) is 2.97. The maximum Gasteiger partial charge on any atom is 0.246 e. The van der Waals surface area contributed by atoms with Crippen LogP contribution in [0, 0.1) is 0 Å². The summed E-state index contributed by atoms with van der Waals surface area (Å²) in [5.74, 6) is 1.21. The Morgan fingerprint density at radius 2 is 1.82 bits per heavy atom. The lowest BCUT2D eigenvalue weighted by Crippen LogP contribution is -2.29. The minimum Gasteiger partial charge on any atom is -0.449 e. The van der Waals surface area contributed by atoms with Gasteiger partial charge in [0.05, 0.1) is 18.1 Å². The predicted octanol–water partition coefficient (Wildman–Crippen LogP) is 4.35. The summed E-state index contributed by atoms with van der Waals surface area (Å²) < 4.78 is 11.5. The minimum absolute atomic E-state index is 0.121. The van der Waals surface area contributed by atoms with E-state index < -0.39 is 5.79 Å². The highest BCUT2D eigenvalue weighted by Gasteiger charge is 2.31. The number of anilines is 3. The van der Waals surface area contributed by atoms with Gasteiger partial charge in [-0.2, -0.15) is 0 Å². The van der Waals surface area contributed by atoms with Crippen molar-refractivity contribution in [2.24, 2.45) is 0 Å². The van der Waals surface area contributed by atoms with E-state index in [1.165, 1.54) is 6.92 Å². The van der Waals surface area contributed by atoms with Crippen molar-refractivity contribution >= 4 is 23.1 Å². The van der Waals surface area contributed by atoms with Gasteiger partial charge in [0, 0.05) is 43.8 Å². The first kappa shape index (κ1) is 17.8. The Labute approximate surface area is 162 Å². The van der Waals surface area contributed by atoms with E-state index in [0.717, 1.165) is 11.3 Å². The zero-order chi connectivity index (χ0) is 19.7. The van der Waals surface area contributed by atoms with Crippen LogP contribution in [0.2, 0.25) is 0 Å². The molecule has 1 aliphatic rings. The molecule has 0 saturated carbocycles. The molecule has 0 spiro atoms. The molecule has 2 N–H and O–H groups in total. The second-order valence-corrected chi connectivity index (χ2v) is 6.94. The smallest absolute Gasteiger partial charge is 0.246 e. The van der Waals surface area contributed by atoms with Crippen molar-refractivity contribution < 1.29 is 14.3 Å². The summed E-state index contributed by atoms with van der Waals surface area (Å²) in [5.41, 5.74) is 3.08. The Balaban J connectivity index is 1.56. The van der Waals surface area contributed by atoms with Crippen LogP contribution in [-0.4, -0.2) is 21.7 Å². The molecule has 0 aliphatic carbocycles. The van der Waals surface area contributed by atoms with Crippen LogP contribution in [0.3, 0.4) is 0 Å². The van der Waals surface area contributed by atoms with Crippen molar-refractivity contribution in [1.82, 2.24) is 9.97 Å². The topological polar surface area (TPSA) is 85.4 Å². The SMILES string of the molecule is CC(=O)Nc1cccc(-c2cncc(Nc3ccc4c(c3)OC(C)(C)O4)n2)c1. The number of fused-ring (bicyclic) bond motifs is 1. The third kappa shape index (κ3) is 3.88. The Bertz CT molecular complexity index is 1050. The van der Waals surface area contributed by atoms with Crippen molar-refractivity contribution in [3.63, 3.8) is 0 Å². The van der Waals surface area contributed by atoms with Crippen LogP contribution < -0.4 is 20.1 Å². The summed E-state index contributed by atoms with van der Waals surface area (Å²) in [6, 6.07) is 13.1. The molecule has 0 unspecified atom stereocenters. The average Bonchev–Trinajstić information content (AvgIpc) is 2.95.